The van der Waals surface area contributed by atoms with Crippen molar-refractivity contribution < 1.29 is 9.59 Å². The second-order valence-electron chi connectivity index (χ2n) is 7.79. The normalized spacial score (nSPS) is 20.7. The van der Waals surface area contributed by atoms with E-state index in [0.29, 0.717) is 12.3 Å². The number of nitrogens with zero attached hydrogens (tertiary/aromatic N) is 2. The molecule has 2 saturated heterocycles. The lowest BCUT2D eigenvalue weighted by Gasteiger charge is -2.36. The molecular formula is C21H31N3O2. The molecule has 0 aliphatic carbocycles. The van der Waals surface area contributed by atoms with Crippen LogP contribution in [0.4, 0.5) is 10.5 Å². The summed E-state index contributed by atoms with van der Waals surface area (Å²) in [6.45, 7) is 6.73. The van der Waals surface area contributed by atoms with E-state index in [1.807, 2.05) is 28.0 Å². The van der Waals surface area contributed by atoms with Crippen molar-refractivity contribution in [2.24, 2.45) is 0 Å². The third kappa shape index (κ3) is 4.37. The first-order valence-electron chi connectivity index (χ1n) is 10.0. The van der Waals surface area contributed by atoms with Crippen LogP contribution in [-0.2, 0) is 4.79 Å². The van der Waals surface area contributed by atoms with Gasteiger partial charge in [0.2, 0.25) is 5.91 Å². The lowest BCUT2D eigenvalue weighted by molar-refractivity contribution is -0.127. The molecule has 0 saturated carbocycles. The van der Waals surface area contributed by atoms with Gasteiger partial charge in [0.15, 0.2) is 0 Å². The van der Waals surface area contributed by atoms with E-state index >= 15 is 0 Å². The van der Waals surface area contributed by atoms with Gasteiger partial charge in [0.1, 0.15) is 0 Å². The van der Waals surface area contributed by atoms with E-state index in [1.165, 1.54) is 0 Å². The fourth-order valence-corrected chi connectivity index (χ4v) is 4.11. The van der Waals surface area contributed by atoms with E-state index in [0.717, 1.165) is 63.0 Å². The highest BCUT2D eigenvalue weighted by molar-refractivity contribution is 5.90. The van der Waals surface area contributed by atoms with Crippen molar-refractivity contribution in [3.8, 4) is 0 Å². The van der Waals surface area contributed by atoms with E-state index < -0.39 is 0 Å². The molecule has 5 nitrogen and oxygen atoms in total. The van der Waals surface area contributed by atoms with Crippen LogP contribution in [0.3, 0.4) is 0 Å². The van der Waals surface area contributed by atoms with Gasteiger partial charge in [-0.15, -0.1) is 0 Å². The maximum atomic E-state index is 12.9. The number of rotatable bonds is 5. The molecule has 0 aromatic heterocycles. The predicted octanol–water partition coefficient (Wildman–Crippen LogP) is 4.21. The number of benzene rings is 1. The van der Waals surface area contributed by atoms with E-state index in [2.05, 4.69) is 25.2 Å². The summed E-state index contributed by atoms with van der Waals surface area (Å²) in [7, 11) is 0. The van der Waals surface area contributed by atoms with Gasteiger partial charge in [-0.2, -0.15) is 0 Å². The van der Waals surface area contributed by atoms with Crippen molar-refractivity contribution >= 4 is 17.6 Å². The zero-order chi connectivity index (χ0) is 18.5. The van der Waals surface area contributed by atoms with Crippen molar-refractivity contribution in [1.82, 2.24) is 9.80 Å². The lowest BCUT2D eigenvalue weighted by atomic mass is 9.99. The summed E-state index contributed by atoms with van der Waals surface area (Å²) in [4.78, 5) is 28.7. The first-order valence-corrected chi connectivity index (χ1v) is 10.0. The minimum absolute atomic E-state index is 0.00412. The molecule has 2 aliphatic heterocycles. The van der Waals surface area contributed by atoms with Gasteiger partial charge in [0.25, 0.3) is 0 Å². The molecule has 0 unspecified atom stereocenters. The molecular weight excluding hydrogens is 326 g/mol. The molecule has 1 aromatic rings. The highest BCUT2D eigenvalue weighted by atomic mass is 16.2. The molecule has 0 bridgehead atoms. The Bertz CT molecular complexity index is 644. The highest BCUT2D eigenvalue weighted by Crippen LogP contribution is 2.26. The molecule has 142 valence electrons. The number of piperidine rings is 1. The number of nitrogens with one attached hydrogen (secondary N) is 1. The Kier molecular flexibility index (Phi) is 6.17. The molecule has 5 heteroatoms. The monoisotopic (exact) mass is 357 g/mol. The first-order chi connectivity index (χ1) is 12.6. The van der Waals surface area contributed by atoms with E-state index in [9.17, 15) is 9.59 Å². The third-order valence-corrected chi connectivity index (χ3v) is 5.62. The predicted molar refractivity (Wildman–Crippen MR) is 104 cm³/mol. The number of hydrogen-bond acceptors (Lipinski definition) is 2. The average Bonchev–Trinajstić information content (AvgIpc) is 3.05. The van der Waals surface area contributed by atoms with Gasteiger partial charge in [-0.05, 0) is 49.7 Å². The molecule has 26 heavy (non-hydrogen) atoms. The van der Waals surface area contributed by atoms with Crippen molar-refractivity contribution in [2.45, 2.75) is 64.3 Å². The Balaban J connectivity index is 1.63. The fourth-order valence-electron chi connectivity index (χ4n) is 4.11. The van der Waals surface area contributed by atoms with Crippen LogP contribution in [0.15, 0.2) is 24.3 Å². The third-order valence-electron chi connectivity index (χ3n) is 5.62. The Morgan fingerprint density at radius 2 is 2.00 bits per heavy atom. The topological polar surface area (TPSA) is 52.7 Å². The van der Waals surface area contributed by atoms with Crippen LogP contribution in [0.5, 0.6) is 0 Å². The van der Waals surface area contributed by atoms with E-state index in [-0.39, 0.29) is 18.0 Å². The number of para-hydroxylation sites is 1. The first kappa shape index (κ1) is 18.7. The number of carbonyl (C=O) groups excluding carboxylic acids is 2. The molecule has 3 rings (SSSR count). The number of carbonyl (C=O) groups is 2. The maximum Gasteiger partial charge on any atom is 0.322 e. The van der Waals surface area contributed by atoms with Crippen LogP contribution in [0, 0.1) is 0 Å². The zero-order valence-corrected chi connectivity index (χ0v) is 16.0. The Morgan fingerprint density at radius 1 is 1.19 bits per heavy atom. The molecule has 1 N–H and O–H groups in total. The SMILES string of the molecule is CC(C)c1ccccc1NC(=O)N1CCCC[C@H]1CCN1CCCC1=O. The average molecular weight is 357 g/mol. The molecule has 1 aromatic carbocycles. The van der Waals surface area contributed by atoms with Gasteiger partial charge in [-0.1, -0.05) is 32.0 Å². The van der Waals surface area contributed by atoms with Crippen molar-refractivity contribution in [2.75, 3.05) is 25.0 Å². The molecule has 3 amide bonds. The standard InChI is InChI=1S/C21H31N3O2/c1-16(2)18-9-3-4-10-19(18)22-21(26)24-14-6-5-8-17(24)12-15-23-13-7-11-20(23)25/h3-4,9-10,16-17H,5-8,11-15H2,1-2H3,(H,22,26)/t17-/m0/s1. The second-order valence-corrected chi connectivity index (χ2v) is 7.79. The summed E-state index contributed by atoms with van der Waals surface area (Å²) < 4.78 is 0. The molecule has 2 fully saturated rings. The molecule has 2 aliphatic rings. The number of hydrogen-bond donors (Lipinski definition) is 1. The van der Waals surface area contributed by atoms with Gasteiger partial charge >= 0.3 is 6.03 Å². The molecule has 0 spiro atoms. The summed E-state index contributed by atoms with van der Waals surface area (Å²) in [5, 5.41) is 3.13. The summed E-state index contributed by atoms with van der Waals surface area (Å²) in [5.41, 5.74) is 2.07. The largest absolute Gasteiger partial charge is 0.343 e. The van der Waals surface area contributed by atoms with Gasteiger partial charge in [-0.25, -0.2) is 4.79 Å². The summed E-state index contributed by atoms with van der Waals surface area (Å²) >= 11 is 0. The van der Waals surface area contributed by atoms with Crippen LogP contribution in [0.1, 0.15) is 63.9 Å². The molecule has 1 atom stereocenters. The summed E-state index contributed by atoms with van der Waals surface area (Å²) in [6.07, 6.45) is 5.77. The van der Waals surface area contributed by atoms with E-state index in [1.54, 1.807) is 0 Å². The number of urea groups is 1. The van der Waals surface area contributed by atoms with E-state index in [4.69, 9.17) is 0 Å². The molecule has 2 heterocycles. The lowest BCUT2D eigenvalue weighted by Crippen LogP contribution is -2.47. The Morgan fingerprint density at radius 3 is 2.73 bits per heavy atom. The Labute approximate surface area is 156 Å². The summed E-state index contributed by atoms with van der Waals surface area (Å²) in [6, 6.07) is 8.26. The van der Waals surface area contributed by atoms with Crippen molar-refractivity contribution in [3.63, 3.8) is 0 Å². The van der Waals surface area contributed by atoms with Crippen molar-refractivity contribution in [1.29, 1.82) is 0 Å². The van der Waals surface area contributed by atoms with Crippen LogP contribution in [0.25, 0.3) is 0 Å². The van der Waals surface area contributed by atoms with Gasteiger partial charge in [0.05, 0.1) is 0 Å². The highest BCUT2D eigenvalue weighted by Gasteiger charge is 2.29. The Hall–Kier alpha value is -2.04. The minimum Gasteiger partial charge on any atom is -0.343 e. The minimum atomic E-state index is -0.00412. The van der Waals surface area contributed by atoms with Crippen LogP contribution in [0.2, 0.25) is 0 Å². The van der Waals surface area contributed by atoms with Gasteiger partial charge in [-0.3, -0.25) is 4.79 Å². The van der Waals surface area contributed by atoms with Gasteiger partial charge < -0.3 is 15.1 Å². The number of amides is 3. The zero-order valence-electron chi connectivity index (χ0n) is 16.0. The van der Waals surface area contributed by atoms with Gasteiger partial charge in [0, 0.05) is 37.8 Å². The fraction of sp³-hybridized carbons (Fsp3) is 0.619. The van der Waals surface area contributed by atoms with Crippen LogP contribution in [-0.4, -0.2) is 47.4 Å². The number of likely N-dealkylation sites (tertiary alicyclic amines) is 2. The van der Waals surface area contributed by atoms with Crippen LogP contribution < -0.4 is 5.32 Å². The smallest absolute Gasteiger partial charge is 0.322 e. The maximum absolute atomic E-state index is 12.9. The summed E-state index contributed by atoms with van der Waals surface area (Å²) in [5.74, 6) is 0.632. The molecule has 0 radical (unpaired) electrons. The van der Waals surface area contributed by atoms with Crippen molar-refractivity contribution in [3.05, 3.63) is 29.8 Å². The second kappa shape index (κ2) is 8.56. The number of anilines is 1. The quantitative estimate of drug-likeness (QED) is 0.858. The van der Waals surface area contributed by atoms with Crippen LogP contribution >= 0.6 is 0 Å².